The first-order chi connectivity index (χ1) is 17.7. The van der Waals surface area contributed by atoms with Gasteiger partial charge in [0.1, 0.15) is 0 Å². The van der Waals surface area contributed by atoms with Crippen LogP contribution in [0.3, 0.4) is 0 Å². The van der Waals surface area contributed by atoms with Crippen molar-refractivity contribution in [1.82, 2.24) is 4.98 Å². The minimum atomic E-state index is 0.112. The van der Waals surface area contributed by atoms with E-state index in [9.17, 15) is 0 Å². The van der Waals surface area contributed by atoms with Crippen LogP contribution in [-0.4, -0.2) is 10.7 Å². The Bertz CT molecular complexity index is 1620. The molecule has 186 valence electrons. The van der Waals surface area contributed by atoms with Gasteiger partial charge in [-0.1, -0.05) is 86.1 Å². The molecule has 2 nitrogen and oxygen atoms in total. The molecule has 37 heavy (non-hydrogen) atoms. The number of rotatable bonds is 3. The number of H-pyrrole nitrogens is 1. The molecule has 0 atom stereocenters. The number of aromatic nitrogens is 1. The molecule has 0 spiro atoms. The number of benzene rings is 3. The Morgan fingerprint density at radius 1 is 0.946 bits per heavy atom. The number of hydrogen-bond acceptors (Lipinski definition) is 1. The van der Waals surface area contributed by atoms with Gasteiger partial charge in [0.25, 0.3) is 0 Å². The minimum absolute atomic E-state index is 0.112. The molecule has 0 bridgehead atoms. The Morgan fingerprint density at radius 2 is 1.68 bits per heavy atom. The second-order valence-corrected chi connectivity index (χ2v) is 12.4. The van der Waals surface area contributed by atoms with Crippen molar-refractivity contribution >= 4 is 33.4 Å². The van der Waals surface area contributed by atoms with Gasteiger partial charge in [-0.3, -0.25) is 0 Å². The molecule has 0 saturated carbocycles. The topological polar surface area (TPSA) is 28.1 Å². The number of nitrogens with one attached hydrogen (secondary N) is 1. The molecule has 0 radical (unpaired) electrons. The highest BCUT2D eigenvalue weighted by molar-refractivity contribution is 9.10. The van der Waals surface area contributed by atoms with Crippen molar-refractivity contribution in [3.05, 3.63) is 115 Å². The van der Waals surface area contributed by atoms with Gasteiger partial charge in [0, 0.05) is 44.5 Å². The van der Waals surface area contributed by atoms with Crippen LogP contribution in [0.4, 0.5) is 0 Å². The third kappa shape index (κ3) is 3.95. The first-order valence-corrected chi connectivity index (χ1v) is 14.0. The van der Waals surface area contributed by atoms with Crippen molar-refractivity contribution in [1.29, 1.82) is 0 Å². The SMILES string of the molecule is CCc1c(/C=C2\N=C(c3c(C)cc(C(C)(C)C)cc3C)c3cc(Br)ccc32)[nH]c2c1Cc1ccccc1-2. The van der Waals surface area contributed by atoms with Crippen LogP contribution in [-0.2, 0) is 18.3 Å². The molecule has 4 aromatic rings. The third-order valence-corrected chi connectivity index (χ3v) is 8.41. The molecule has 6 rings (SSSR count). The molecule has 0 unspecified atom stereocenters. The minimum Gasteiger partial charge on any atom is -0.354 e. The Morgan fingerprint density at radius 3 is 2.38 bits per heavy atom. The molecular weight excluding hydrogens is 516 g/mol. The van der Waals surface area contributed by atoms with Crippen LogP contribution in [0.2, 0.25) is 0 Å². The smallest absolute Gasteiger partial charge is 0.0794 e. The molecule has 0 saturated heterocycles. The van der Waals surface area contributed by atoms with Crippen LogP contribution in [0.5, 0.6) is 0 Å². The molecular formula is C34H33BrN2. The van der Waals surface area contributed by atoms with Gasteiger partial charge in [0.05, 0.1) is 11.4 Å². The lowest BCUT2D eigenvalue weighted by atomic mass is 9.82. The highest BCUT2D eigenvalue weighted by atomic mass is 79.9. The van der Waals surface area contributed by atoms with E-state index in [1.807, 2.05) is 0 Å². The zero-order valence-electron chi connectivity index (χ0n) is 22.5. The molecule has 3 heteroatoms. The largest absolute Gasteiger partial charge is 0.354 e. The lowest BCUT2D eigenvalue weighted by Crippen LogP contribution is -2.14. The highest BCUT2D eigenvalue weighted by Gasteiger charge is 2.28. The van der Waals surface area contributed by atoms with Gasteiger partial charge < -0.3 is 4.98 Å². The van der Waals surface area contributed by atoms with Crippen molar-refractivity contribution in [2.45, 2.75) is 59.8 Å². The third-order valence-electron chi connectivity index (χ3n) is 7.92. The highest BCUT2D eigenvalue weighted by Crippen LogP contribution is 2.42. The van der Waals surface area contributed by atoms with E-state index in [0.717, 1.165) is 28.7 Å². The van der Waals surface area contributed by atoms with Crippen molar-refractivity contribution < 1.29 is 0 Å². The maximum Gasteiger partial charge on any atom is 0.0794 e. The molecule has 2 heterocycles. The van der Waals surface area contributed by atoms with Gasteiger partial charge in [0.15, 0.2) is 0 Å². The maximum atomic E-state index is 5.32. The lowest BCUT2D eigenvalue weighted by molar-refractivity contribution is 0.589. The van der Waals surface area contributed by atoms with Crippen LogP contribution in [0, 0.1) is 13.8 Å². The average molecular weight is 550 g/mol. The van der Waals surface area contributed by atoms with Gasteiger partial charge in [-0.05, 0) is 77.3 Å². The molecule has 0 fully saturated rings. The summed E-state index contributed by atoms with van der Waals surface area (Å²) in [5.41, 5.74) is 17.8. The fourth-order valence-corrected chi connectivity index (χ4v) is 6.40. The number of aromatic amines is 1. The van der Waals surface area contributed by atoms with E-state index in [0.29, 0.717) is 0 Å². The van der Waals surface area contributed by atoms with E-state index in [1.54, 1.807) is 0 Å². The zero-order valence-corrected chi connectivity index (χ0v) is 24.1. The van der Waals surface area contributed by atoms with Crippen LogP contribution in [0.1, 0.15) is 83.5 Å². The first-order valence-electron chi connectivity index (χ1n) is 13.2. The summed E-state index contributed by atoms with van der Waals surface area (Å²) in [6.07, 6.45) is 4.27. The van der Waals surface area contributed by atoms with Crippen LogP contribution < -0.4 is 0 Å². The molecule has 1 aliphatic heterocycles. The van der Waals surface area contributed by atoms with Gasteiger partial charge in [-0.15, -0.1) is 0 Å². The fourth-order valence-electron chi connectivity index (χ4n) is 6.04. The Hall–Kier alpha value is -3.17. The van der Waals surface area contributed by atoms with E-state index in [1.165, 1.54) is 67.0 Å². The van der Waals surface area contributed by atoms with E-state index in [-0.39, 0.29) is 5.41 Å². The second-order valence-electron chi connectivity index (χ2n) is 11.5. The number of aryl methyl sites for hydroxylation is 2. The van der Waals surface area contributed by atoms with Crippen molar-refractivity contribution in [2.75, 3.05) is 0 Å². The summed E-state index contributed by atoms with van der Waals surface area (Å²) in [6, 6.07) is 20.0. The monoisotopic (exact) mass is 548 g/mol. The summed E-state index contributed by atoms with van der Waals surface area (Å²) in [4.78, 5) is 9.10. The van der Waals surface area contributed by atoms with Gasteiger partial charge >= 0.3 is 0 Å². The van der Waals surface area contributed by atoms with Crippen molar-refractivity contribution in [3.8, 4) is 11.3 Å². The summed E-state index contributed by atoms with van der Waals surface area (Å²) < 4.78 is 1.08. The molecule has 2 aliphatic rings. The second kappa shape index (κ2) is 8.70. The normalized spacial score (nSPS) is 15.1. The summed E-state index contributed by atoms with van der Waals surface area (Å²) in [7, 11) is 0. The maximum absolute atomic E-state index is 5.32. The van der Waals surface area contributed by atoms with Crippen molar-refractivity contribution in [3.63, 3.8) is 0 Å². The molecule has 1 aromatic heterocycles. The van der Waals surface area contributed by atoms with Gasteiger partial charge in [-0.2, -0.15) is 0 Å². The van der Waals surface area contributed by atoms with E-state index in [2.05, 4.69) is 123 Å². The van der Waals surface area contributed by atoms with E-state index >= 15 is 0 Å². The summed E-state index contributed by atoms with van der Waals surface area (Å²) in [5.74, 6) is 0. The van der Waals surface area contributed by atoms with Crippen LogP contribution >= 0.6 is 15.9 Å². The number of fused-ring (bicyclic) bond motifs is 4. The van der Waals surface area contributed by atoms with Gasteiger partial charge in [-0.25, -0.2) is 4.99 Å². The average Bonchev–Trinajstić information content (AvgIpc) is 3.48. The predicted octanol–water partition coefficient (Wildman–Crippen LogP) is 9.17. The standard InChI is InChI=1S/C34H33BrN2/c1-7-24-27-16-21-10-8-9-11-25(21)32(27)36-29(24)18-30-26-13-12-23(35)17-28(26)33(37-30)31-19(2)14-22(15-20(31)3)34(4,5)6/h8-15,17-18,36H,7,16H2,1-6H3/b30-18-. The summed E-state index contributed by atoms with van der Waals surface area (Å²) >= 11 is 3.71. The Balaban J connectivity index is 1.52. The van der Waals surface area contributed by atoms with Crippen molar-refractivity contribution in [2.24, 2.45) is 4.99 Å². The molecule has 3 aromatic carbocycles. The fraction of sp³-hybridized carbons (Fsp3) is 0.265. The van der Waals surface area contributed by atoms with E-state index < -0.39 is 0 Å². The number of nitrogens with zero attached hydrogens (tertiary/aromatic N) is 1. The van der Waals surface area contributed by atoms with Crippen LogP contribution in [0.25, 0.3) is 23.0 Å². The van der Waals surface area contributed by atoms with Crippen LogP contribution in [0.15, 0.2) is 64.1 Å². The number of halogens is 1. The number of aliphatic imine (C=N–C) groups is 1. The molecule has 1 aliphatic carbocycles. The number of hydrogen-bond donors (Lipinski definition) is 1. The Labute approximate surface area is 228 Å². The quantitative estimate of drug-likeness (QED) is 0.232. The summed E-state index contributed by atoms with van der Waals surface area (Å²) in [5, 5.41) is 0. The molecule has 0 amide bonds. The Kier molecular flexibility index (Phi) is 5.69. The predicted molar refractivity (Wildman–Crippen MR) is 161 cm³/mol. The van der Waals surface area contributed by atoms with Gasteiger partial charge in [0.2, 0.25) is 0 Å². The molecule has 1 N–H and O–H groups in total. The summed E-state index contributed by atoms with van der Waals surface area (Å²) in [6.45, 7) is 13.5. The lowest BCUT2D eigenvalue weighted by Gasteiger charge is -2.22. The van der Waals surface area contributed by atoms with E-state index in [4.69, 9.17) is 4.99 Å². The zero-order chi connectivity index (χ0) is 26.1. The first kappa shape index (κ1) is 24.2.